The molecule has 1 aromatic carbocycles. The first-order chi connectivity index (χ1) is 8.60. The largest absolute Gasteiger partial charge is 0.416 e. The minimum absolute atomic E-state index is 0.168. The second-order valence-corrected chi connectivity index (χ2v) is 4.51. The number of nitrogens with zero attached hydrogens (tertiary/aromatic N) is 2. The van der Waals surface area contributed by atoms with Gasteiger partial charge in [-0.15, -0.1) is 10.2 Å². The van der Waals surface area contributed by atoms with E-state index >= 15 is 0 Å². The number of aryl methyl sites for hydroxylation is 1. The van der Waals surface area contributed by atoms with Crippen LogP contribution in [0, 0.1) is 6.92 Å². The van der Waals surface area contributed by atoms with Crippen LogP contribution < -0.4 is 11.1 Å². The van der Waals surface area contributed by atoms with Gasteiger partial charge in [0.25, 0.3) is 11.1 Å². The molecule has 2 rings (SSSR count). The molecule has 0 saturated carbocycles. The highest BCUT2D eigenvalue weighted by atomic mass is 32.2. The number of nitrogen functional groups attached to an aromatic ring is 1. The van der Waals surface area contributed by atoms with Crippen LogP contribution >= 0.6 is 11.8 Å². The fraction of sp³-hybridized carbons (Fsp3) is 0.182. The van der Waals surface area contributed by atoms with Crippen molar-refractivity contribution in [2.24, 2.45) is 0 Å². The minimum Gasteiger partial charge on any atom is -0.416 e. The van der Waals surface area contributed by atoms with E-state index in [-0.39, 0.29) is 5.91 Å². The van der Waals surface area contributed by atoms with E-state index in [2.05, 4.69) is 15.5 Å². The molecule has 3 N–H and O–H groups in total. The van der Waals surface area contributed by atoms with Crippen molar-refractivity contribution < 1.29 is 9.21 Å². The Morgan fingerprint density at radius 2 is 2.22 bits per heavy atom. The summed E-state index contributed by atoms with van der Waals surface area (Å²) in [6, 6.07) is 5.03. The number of carbonyl (C=O) groups excluding carboxylic acids is 1. The smallest absolute Gasteiger partial charge is 0.281 e. The molecule has 0 aliphatic heterocycles. The summed E-state index contributed by atoms with van der Waals surface area (Å²) in [4.78, 5) is 12.2. The topological polar surface area (TPSA) is 94.0 Å². The van der Waals surface area contributed by atoms with Crippen molar-refractivity contribution in [3.05, 3.63) is 29.7 Å². The normalized spacial score (nSPS) is 10.3. The van der Waals surface area contributed by atoms with Crippen LogP contribution in [0.4, 0.5) is 5.69 Å². The van der Waals surface area contributed by atoms with Crippen molar-refractivity contribution in [3.8, 4) is 0 Å². The Morgan fingerprint density at radius 3 is 2.83 bits per heavy atom. The zero-order valence-electron chi connectivity index (χ0n) is 9.93. The fourth-order valence-electron chi connectivity index (χ4n) is 1.32. The van der Waals surface area contributed by atoms with E-state index in [0.717, 1.165) is 0 Å². The maximum absolute atomic E-state index is 11.5. The molecule has 7 heteroatoms. The average Bonchev–Trinajstić information content (AvgIpc) is 2.76. The first-order valence-electron chi connectivity index (χ1n) is 5.19. The quantitative estimate of drug-likeness (QED) is 0.815. The van der Waals surface area contributed by atoms with Crippen LogP contribution in [0.25, 0.3) is 0 Å². The van der Waals surface area contributed by atoms with Crippen molar-refractivity contribution in [2.75, 3.05) is 12.8 Å². The van der Waals surface area contributed by atoms with Gasteiger partial charge < -0.3 is 15.5 Å². The Balaban J connectivity index is 2.29. The van der Waals surface area contributed by atoms with Gasteiger partial charge in [-0.1, -0.05) is 0 Å². The number of anilines is 1. The monoisotopic (exact) mass is 264 g/mol. The number of nitrogens with one attached hydrogen (secondary N) is 1. The maximum Gasteiger partial charge on any atom is 0.281 e. The van der Waals surface area contributed by atoms with E-state index in [1.54, 1.807) is 32.2 Å². The molecule has 0 atom stereocenters. The molecule has 2 aromatic rings. The number of hydrogen-bond acceptors (Lipinski definition) is 6. The van der Waals surface area contributed by atoms with E-state index < -0.39 is 0 Å². The van der Waals surface area contributed by atoms with E-state index in [1.165, 1.54) is 11.8 Å². The number of amides is 1. The van der Waals surface area contributed by atoms with Crippen molar-refractivity contribution >= 4 is 23.4 Å². The summed E-state index contributed by atoms with van der Waals surface area (Å²) in [7, 11) is 1.58. The van der Waals surface area contributed by atoms with Crippen LogP contribution in [0.15, 0.2) is 32.7 Å². The van der Waals surface area contributed by atoms with Crippen molar-refractivity contribution in [3.63, 3.8) is 0 Å². The molecule has 6 nitrogen and oxygen atoms in total. The van der Waals surface area contributed by atoms with Crippen molar-refractivity contribution in [1.82, 2.24) is 15.5 Å². The lowest BCUT2D eigenvalue weighted by atomic mass is 10.2. The molecular weight excluding hydrogens is 252 g/mol. The van der Waals surface area contributed by atoms with Gasteiger partial charge >= 0.3 is 0 Å². The third kappa shape index (κ3) is 2.62. The molecule has 1 heterocycles. The lowest BCUT2D eigenvalue weighted by Crippen LogP contribution is -2.17. The summed E-state index contributed by atoms with van der Waals surface area (Å²) in [5, 5.41) is 10.5. The van der Waals surface area contributed by atoms with Crippen LogP contribution in [0.1, 0.15) is 16.2 Å². The predicted octanol–water partition coefficient (Wildman–Crippen LogP) is 1.47. The third-order valence-electron chi connectivity index (χ3n) is 2.21. The third-order valence-corrected chi connectivity index (χ3v) is 3.12. The van der Waals surface area contributed by atoms with E-state index in [1.807, 2.05) is 0 Å². The number of carbonyl (C=O) groups is 1. The predicted molar refractivity (Wildman–Crippen MR) is 67.4 cm³/mol. The molecule has 1 amide bonds. The highest BCUT2D eigenvalue weighted by Crippen LogP contribution is 2.31. The molecule has 0 spiro atoms. The standard InChI is InChI=1S/C11H12N4O2S/c1-6-14-15-11(17-6)18-9-5-7(10(16)13-2)3-4-8(9)12/h3-5H,12H2,1-2H3,(H,13,16). The van der Waals surface area contributed by atoms with Gasteiger partial charge in [0, 0.05) is 30.1 Å². The summed E-state index contributed by atoms with van der Waals surface area (Å²) in [5.74, 6) is 0.317. The maximum atomic E-state index is 11.5. The molecule has 0 saturated heterocycles. The van der Waals surface area contributed by atoms with Crippen LogP contribution in [0.2, 0.25) is 0 Å². The zero-order valence-corrected chi connectivity index (χ0v) is 10.7. The Hall–Kier alpha value is -2.02. The van der Waals surface area contributed by atoms with Crippen LogP contribution in [-0.4, -0.2) is 23.2 Å². The summed E-state index contributed by atoms with van der Waals surface area (Å²) in [5.41, 5.74) is 6.93. The molecule has 1 aromatic heterocycles. The van der Waals surface area contributed by atoms with Gasteiger partial charge in [0.1, 0.15) is 0 Å². The number of aromatic nitrogens is 2. The number of rotatable bonds is 3. The molecule has 0 unspecified atom stereocenters. The number of benzene rings is 1. The van der Waals surface area contributed by atoms with Gasteiger partial charge in [0.05, 0.1) is 0 Å². The number of nitrogens with two attached hydrogens (primary N) is 1. The first kappa shape index (κ1) is 12.4. The molecule has 0 radical (unpaired) electrons. The Bertz CT molecular complexity index is 582. The molecule has 0 bridgehead atoms. The van der Waals surface area contributed by atoms with E-state index in [0.29, 0.717) is 27.3 Å². The summed E-state index contributed by atoms with van der Waals surface area (Å²) >= 11 is 1.23. The van der Waals surface area contributed by atoms with Crippen LogP contribution in [0.3, 0.4) is 0 Å². The highest BCUT2D eigenvalue weighted by molar-refractivity contribution is 7.99. The summed E-state index contributed by atoms with van der Waals surface area (Å²) < 4.78 is 5.25. The van der Waals surface area contributed by atoms with Crippen LogP contribution in [0.5, 0.6) is 0 Å². The van der Waals surface area contributed by atoms with Gasteiger partial charge in [-0.05, 0) is 30.0 Å². The Morgan fingerprint density at radius 1 is 1.44 bits per heavy atom. The Labute approximate surface area is 108 Å². The second-order valence-electron chi connectivity index (χ2n) is 3.52. The van der Waals surface area contributed by atoms with Gasteiger partial charge in [0.15, 0.2) is 0 Å². The lowest BCUT2D eigenvalue weighted by Gasteiger charge is -2.05. The Kier molecular flexibility index (Phi) is 3.52. The van der Waals surface area contributed by atoms with Crippen molar-refractivity contribution in [1.29, 1.82) is 0 Å². The average molecular weight is 264 g/mol. The lowest BCUT2D eigenvalue weighted by molar-refractivity contribution is 0.0963. The molecule has 0 aliphatic carbocycles. The summed E-state index contributed by atoms with van der Waals surface area (Å²) in [6.45, 7) is 1.71. The van der Waals surface area contributed by atoms with Gasteiger partial charge in [-0.25, -0.2) is 0 Å². The molecule has 0 aliphatic rings. The van der Waals surface area contributed by atoms with E-state index in [4.69, 9.17) is 10.2 Å². The van der Waals surface area contributed by atoms with E-state index in [9.17, 15) is 4.79 Å². The SMILES string of the molecule is CNC(=O)c1ccc(N)c(Sc2nnc(C)o2)c1. The second kappa shape index (κ2) is 5.09. The molecule has 18 heavy (non-hydrogen) atoms. The number of hydrogen-bond donors (Lipinski definition) is 2. The minimum atomic E-state index is -0.168. The first-order valence-corrected chi connectivity index (χ1v) is 6.01. The van der Waals surface area contributed by atoms with Gasteiger partial charge in [-0.2, -0.15) is 0 Å². The van der Waals surface area contributed by atoms with Crippen LogP contribution in [-0.2, 0) is 0 Å². The fourth-order valence-corrected chi connectivity index (χ4v) is 2.13. The van der Waals surface area contributed by atoms with Crippen molar-refractivity contribution in [2.45, 2.75) is 17.0 Å². The van der Waals surface area contributed by atoms with Gasteiger partial charge in [0.2, 0.25) is 5.89 Å². The van der Waals surface area contributed by atoms with Gasteiger partial charge in [-0.3, -0.25) is 4.79 Å². The molecular formula is C11H12N4O2S. The summed E-state index contributed by atoms with van der Waals surface area (Å²) in [6.07, 6.45) is 0. The zero-order chi connectivity index (χ0) is 13.1. The highest BCUT2D eigenvalue weighted by Gasteiger charge is 2.11. The molecule has 0 fully saturated rings. The molecule has 94 valence electrons.